The molecule has 4 aromatic rings. The van der Waals surface area contributed by atoms with E-state index in [1.807, 2.05) is 12.3 Å². The average Bonchev–Trinajstić information content (AvgIpc) is 3.06. The van der Waals surface area contributed by atoms with Gasteiger partial charge in [0, 0.05) is 43.1 Å². The maximum atomic E-state index is 13.2. The van der Waals surface area contributed by atoms with Crippen molar-refractivity contribution in [2.45, 2.75) is 13.0 Å². The monoisotopic (exact) mass is 385 g/mol. The molecule has 3 heterocycles. The number of halogens is 3. The number of hydrogen-bond acceptors (Lipinski definition) is 4. The van der Waals surface area contributed by atoms with Crippen molar-refractivity contribution in [1.82, 2.24) is 19.9 Å². The SMILES string of the molecule is Fc1ccc(CNc2ncc(Cc3c[nH]c4ncc(Cl)cc34)cn2)cc1F. The number of aromatic amines is 1. The first-order valence-electron chi connectivity index (χ1n) is 8.19. The number of benzene rings is 1. The number of anilines is 1. The molecule has 1 aromatic carbocycles. The van der Waals surface area contributed by atoms with Crippen LogP contribution in [0.5, 0.6) is 0 Å². The van der Waals surface area contributed by atoms with Crippen LogP contribution in [0.1, 0.15) is 16.7 Å². The minimum Gasteiger partial charge on any atom is -0.350 e. The second-order valence-corrected chi connectivity index (χ2v) is 6.49. The molecule has 0 aliphatic heterocycles. The van der Waals surface area contributed by atoms with E-state index in [0.29, 0.717) is 29.5 Å². The third-order valence-corrected chi connectivity index (χ3v) is 4.32. The molecule has 5 nitrogen and oxygen atoms in total. The number of hydrogen-bond donors (Lipinski definition) is 2. The van der Waals surface area contributed by atoms with E-state index in [-0.39, 0.29) is 0 Å². The lowest BCUT2D eigenvalue weighted by Crippen LogP contribution is -2.04. The number of fused-ring (bicyclic) bond motifs is 1. The van der Waals surface area contributed by atoms with E-state index in [9.17, 15) is 8.78 Å². The van der Waals surface area contributed by atoms with E-state index >= 15 is 0 Å². The van der Waals surface area contributed by atoms with Gasteiger partial charge in [-0.3, -0.25) is 0 Å². The Hall–Kier alpha value is -3.06. The average molecular weight is 386 g/mol. The van der Waals surface area contributed by atoms with Gasteiger partial charge in [-0.05, 0) is 34.9 Å². The highest BCUT2D eigenvalue weighted by Gasteiger charge is 2.08. The van der Waals surface area contributed by atoms with Crippen molar-refractivity contribution in [1.29, 1.82) is 0 Å². The molecule has 0 spiro atoms. The third kappa shape index (κ3) is 3.88. The van der Waals surface area contributed by atoms with Crippen LogP contribution in [0.4, 0.5) is 14.7 Å². The van der Waals surface area contributed by atoms with Crippen molar-refractivity contribution >= 4 is 28.6 Å². The van der Waals surface area contributed by atoms with Crippen LogP contribution in [0.15, 0.2) is 49.1 Å². The molecule has 0 saturated carbocycles. The summed E-state index contributed by atoms with van der Waals surface area (Å²) in [5.74, 6) is -1.33. The standard InChI is InChI=1S/C19H14ClF2N5/c20-14-5-15-13(9-23-18(15)24-10-14)3-12-7-26-19(27-8-12)25-6-11-1-2-16(21)17(22)4-11/h1-2,4-5,7-10H,3,6H2,(H,23,24)(H,25,26,27). The zero-order chi connectivity index (χ0) is 18.8. The predicted octanol–water partition coefficient (Wildman–Crippen LogP) is 4.49. The van der Waals surface area contributed by atoms with Gasteiger partial charge in [0.05, 0.1) is 5.02 Å². The Morgan fingerprint density at radius 3 is 2.56 bits per heavy atom. The van der Waals surface area contributed by atoms with Gasteiger partial charge in [-0.2, -0.15) is 0 Å². The quantitative estimate of drug-likeness (QED) is 0.531. The van der Waals surface area contributed by atoms with Crippen LogP contribution < -0.4 is 5.32 Å². The van der Waals surface area contributed by atoms with E-state index in [1.165, 1.54) is 6.07 Å². The normalized spacial score (nSPS) is 11.1. The van der Waals surface area contributed by atoms with Gasteiger partial charge < -0.3 is 10.3 Å². The van der Waals surface area contributed by atoms with Crippen LogP contribution in [-0.2, 0) is 13.0 Å². The lowest BCUT2D eigenvalue weighted by atomic mass is 10.1. The van der Waals surface area contributed by atoms with Gasteiger partial charge in [-0.1, -0.05) is 17.7 Å². The summed E-state index contributed by atoms with van der Waals surface area (Å²) in [6.07, 6.45) is 7.56. The van der Waals surface area contributed by atoms with Crippen LogP contribution in [0.3, 0.4) is 0 Å². The molecular weight excluding hydrogens is 372 g/mol. The van der Waals surface area contributed by atoms with Crippen molar-refractivity contribution in [2.24, 2.45) is 0 Å². The summed E-state index contributed by atoms with van der Waals surface area (Å²) in [6, 6.07) is 5.62. The fourth-order valence-corrected chi connectivity index (χ4v) is 2.92. The van der Waals surface area contributed by atoms with Gasteiger partial charge in [-0.25, -0.2) is 23.7 Å². The van der Waals surface area contributed by atoms with E-state index in [4.69, 9.17) is 11.6 Å². The molecule has 2 N–H and O–H groups in total. The zero-order valence-electron chi connectivity index (χ0n) is 14.0. The fraction of sp³-hybridized carbons (Fsp3) is 0.105. The first-order valence-corrected chi connectivity index (χ1v) is 8.56. The highest BCUT2D eigenvalue weighted by atomic mass is 35.5. The van der Waals surface area contributed by atoms with Crippen LogP contribution in [0.2, 0.25) is 5.02 Å². The molecule has 0 unspecified atom stereocenters. The maximum absolute atomic E-state index is 13.2. The minimum absolute atomic E-state index is 0.295. The summed E-state index contributed by atoms with van der Waals surface area (Å²) in [7, 11) is 0. The van der Waals surface area contributed by atoms with Gasteiger partial charge in [0.1, 0.15) is 5.65 Å². The molecule has 0 saturated heterocycles. The van der Waals surface area contributed by atoms with Crippen molar-refractivity contribution < 1.29 is 8.78 Å². The smallest absolute Gasteiger partial charge is 0.222 e. The lowest BCUT2D eigenvalue weighted by molar-refractivity contribution is 0.507. The molecule has 3 aromatic heterocycles. The summed E-state index contributed by atoms with van der Waals surface area (Å²) in [5, 5.41) is 4.53. The predicted molar refractivity (Wildman–Crippen MR) is 99.6 cm³/mol. The Bertz CT molecular complexity index is 1100. The Morgan fingerprint density at radius 2 is 1.78 bits per heavy atom. The van der Waals surface area contributed by atoms with E-state index in [0.717, 1.165) is 34.3 Å². The van der Waals surface area contributed by atoms with Gasteiger partial charge in [0.25, 0.3) is 0 Å². The molecule has 8 heteroatoms. The number of H-pyrrole nitrogens is 1. The minimum atomic E-state index is -0.876. The Morgan fingerprint density at radius 1 is 0.963 bits per heavy atom. The molecule has 0 radical (unpaired) electrons. The molecule has 4 rings (SSSR count). The van der Waals surface area contributed by atoms with Crippen LogP contribution in [0.25, 0.3) is 11.0 Å². The summed E-state index contributed by atoms with van der Waals surface area (Å²) >= 11 is 6.02. The first-order chi connectivity index (χ1) is 13.1. The van der Waals surface area contributed by atoms with Gasteiger partial charge in [-0.15, -0.1) is 0 Å². The topological polar surface area (TPSA) is 66.5 Å². The van der Waals surface area contributed by atoms with Crippen LogP contribution in [0, 0.1) is 11.6 Å². The highest BCUT2D eigenvalue weighted by Crippen LogP contribution is 2.22. The Balaban J connectivity index is 1.44. The van der Waals surface area contributed by atoms with Gasteiger partial charge in [0.2, 0.25) is 5.95 Å². The number of pyridine rings is 1. The summed E-state index contributed by atoms with van der Waals surface area (Å²) < 4.78 is 26.2. The third-order valence-electron chi connectivity index (χ3n) is 4.12. The van der Waals surface area contributed by atoms with Crippen molar-refractivity contribution in [3.63, 3.8) is 0 Å². The lowest BCUT2D eigenvalue weighted by Gasteiger charge is -2.06. The second kappa shape index (κ2) is 7.28. The molecule has 0 fully saturated rings. The molecule has 0 bridgehead atoms. The number of nitrogens with zero attached hydrogens (tertiary/aromatic N) is 3. The number of nitrogens with one attached hydrogen (secondary N) is 2. The highest BCUT2D eigenvalue weighted by molar-refractivity contribution is 6.31. The first kappa shape index (κ1) is 17.4. The molecule has 0 amide bonds. The van der Waals surface area contributed by atoms with Gasteiger partial charge in [0.15, 0.2) is 11.6 Å². The van der Waals surface area contributed by atoms with Gasteiger partial charge >= 0.3 is 0 Å². The largest absolute Gasteiger partial charge is 0.350 e. The van der Waals surface area contributed by atoms with Crippen LogP contribution in [-0.4, -0.2) is 19.9 Å². The summed E-state index contributed by atoms with van der Waals surface area (Å²) in [5.41, 5.74) is 3.35. The molecule has 0 aliphatic carbocycles. The molecule has 0 atom stereocenters. The number of aromatic nitrogens is 4. The van der Waals surface area contributed by atoms with Crippen molar-refractivity contribution in [3.05, 3.63) is 82.4 Å². The summed E-state index contributed by atoms with van der Waals surface area (Å²) in [4.78, 5) is 15.9. The molecular formula is C19H14ClF2N5. The molecule has 0 aliphatic rings. The second-order valence-electron chi connectivity index (χ2n) is 6.06. The Labute approximate surface area is 158 Å². The summed E-state index contributed by atoms with van der Waals surface area (Å²) in [6.45, 7) is 0.295. The molecule has 27 heavy (non-hydrogen) atoms. The van der Waals surface area contributed by atoms with E-state index < -0.39 is 11.6 Å². The zero-order valence-corrected chi connectivity index (χ0v) is 14.8. The van der Waals surface area contributed by atoms with Crippen LogP contribution >= 0.6 is 11.6 Å². The van der Waals surface area contributed by atoms with Crippen molar-refractivity contribution in [3.8, 4) is 0 Å². The van der Waals surface area contributed by atoms with E-state index in [1.54, 1.807) is 18.6 Å². The number of rotatable bonds is 5. The van der Waals surface area contributed by atoms with Crippen molar-refractivity contribution in [2.75, 3.05) is 5.32 Å². The fourth-order valence-electron chi connectivity index (χ4n) is 2.77. The van der Waals surface area contributed by atoms with E-state index in [2.05, 4.69) is 25.3 Å². The maximum Gasteiger partial charge on any atom is 0.222 e. The Kier molecular flexibility index (Phi) is 4.68. The molecule has 136 valence electrons.